The summed E-state index contributed by atoms with van der Waals surface area (Å²) < 4.78 is 23.3. The zero-order valence-corrected chi connectivity index (χ0v) is 9.22. The lowest BCUT2D eigenvalue weighted by Crippen LogP contribution is -1.99. The van der Waals surface area contributed by atoms with Gasteiger partial charge in [0.25, 0.3) is 0 Å². The van der Waals surface area contributed by atoms with Gasteiger partial charge < -0.3 is 9.47 Å². The van der Waals surface area contributed by atoms with Crippen LogP contribution in [-0.2, 0) is 0 Å². The molecule has 0 bridgehead atoms. The van der Waals surface area contributed by atoms with Crippen molar-refractivity contribution in [2.45, 2.75) is 0 Å². The van der Waals surface area contributed by atoms with Crippen molar-refractivity contribution in [2.24, 2.45) is 0 Å². The second-order valence-corrected chi connectivity index (χ2v) is 3.29. The molecule has 0 amide bonds. The van der Waals surface area contributed by atoms with Crippen LogP contribution in [0.25, 0.3) is 0 Å². The molecule has 0 N–H and O–H groups in total. The fraction of sp³-hybridized carbons (Fsp3) is 0.222. The second-order valence-electron chi connectivity index (χ2n) is 2.44. The Hall–Kier alpha value is -1.10. The number of carbonyl (C=O) groups excluding carboxylic acids is 1. The van der Waals surface area contributed by atoms with E-state index < -0.39 is 5.82 Å². The van der Waals surface area contributed by atoms with Crippen LogP contribution in [0, 0.1) is 5.82 Å². The minimum atomic E-state index is -0.655. The van der Waals surface area contributed by atoms with Gasteiger partial charge in [0.15, 0.2) is 23.6 Å². The molecule has 3 nitrogen and oxygen atoms in total. The number of aldehydes is 1. The Bertz CT molecular complexity index is 366. The maximum absolute atomic E-state index is 13.4. The lowest BCUT2D eigenvalue weighted by Gasteiger charge is -2.10. The molecule has 0 saturated heterocycles. The van der Waals surface area contributed by atoms with Crippen molar-refractivity contribution < 1.29 is 18.7 Å². The number of hydrogen-bond acceptors (Lipinski definition) is 3. The fourth-order valence-electron chi connectivity index (χ4n) is 1.07. The quantitative estimate of drug-likeness (QED) is 0.785. The molecule has 0 aromatic heterocycles. The standard InChI is InChI=1S/C9H8BrFO3/c1-13-7-3-6(10)8(11)5(4-12)9(7)14-2/h3-4H,1-2H3. The van der Waals surface area contributed by atoms with E-state index in [0.29, 0.717) is 12.0 Å². The van der Waals surface area contributed by atoms with E-state index in [2.05, 4.69) is 15.9 Å². The van der Waals surface area contributed by atoms with E-state index in [-0.39, 0.29) is 15.8 Å². The molecule has 0 unspecified atom stereocenters. The van der Waals surface area contributed by atoms with Gasteiger partial charge in [-0.05, 0) is 15.9 Å². The van der Waals surface area contributed by atoms with Crippen LogP contribution in [-0.4, -0.2) is 20.5 Å². The lowest BCUT2D eigenvalue weighted by atomic mass is 10.2. The van der Waals surface area contributed by atoms with Gasteiger partial charge in [-0.3, -0.25) is 4.79 Å². The summed E-state index contributed by atoms with van der Waals surface area (Å²) in [7, 11) is 2.76. The van der Waals surface area contributed by atoms with Crippen molar-refractivity contribution >= 4 is 22.2 Å². The van der Waals surface area contributed by atoms with Gasteiger partial charge in [-0.15, -0.1) is 0 Å². The van der Waals surface area contributed by atoms with Crippen LogP contribution >= 0.6 is 15.9 Å². The van der Waals surface area contributed by atoms with E-state index in [1.165, 1.54) is 20.3 Å². The molecule has 1 aromatic rings. The molecule has 5 heteroatoms. The van der Waals surface area contributed by atoms with Crippen LogP contribution < -0.4 is 9.47 Å². The molecule has 76 valence electrons. The number of hydrogen-bond donors (Lipinski definition) is 0. The third-order valence-electron chi connectivity index (χ3n) is 1.71. The molecule has 0 saturated carbocycles. The van der Waals surface area contributed by atoms with Gasteiger partial charge in [-0.25, -0.2) is 4.39 Å². The summed E-state index contributed by atoms with van der Waals surface area (Å²) in [6.07, 6.45) is 0.390. The van der Waals surface area contributed by atoms with Crippen LogP contribution in [0.5, 0.6) is 11.5 Å². The minimum absolute atomic E-state index is 0.100. The van der Waals surface area contributed by atoms with Crippen molar-refractivity contribution in [1.82, 2.24) is 0 Å². The first-order chi connectivity index (χ1) is 6.65. The molecule has 0 fully saturated rings. The molecule has 1 rings (SSSR count). The summed E-state index contributed by atoms with van der Waals surface area (Å²) in [5.41, 5.74) is -0.154. The second kappa shape index (κ2) is 4.41. The van der Waals surface area contributed by atoms with Gasteiger partial charge in [0, 0.05) is 6.07 Å². The summed E-state index contributed by atoms with van der Waals surface area (Å²) in [5.74, 6) is -0.247. The molecule has 0 atom stereocenters. The van der Waals surface area contributed by atoms with E-state index in [0.717, 1.165) is 0 Å². The van der Waals surface area contributed by atoms with Crippen LogP contribution in [0.4, 0.5) is 4.39 Å². The molecule has 0 aliphatic rings. The maximum Gasteiger partial charge on any atom is 0.174 e. The van der Waals surface area contributed by atoms with Gasteiger partial charge in [-0.2, -0.15) is 0 Å². The van der Waals surface area contributed by atoms with E-state index in [1.807, 2.05) is 0 Å². The Morgan fingerprint density at radius 2 is 2.07 bits per heavy atom. The monoisotopic (exact) mass is 262 g/mol. The summed E-state index contributed by atoms with van der Waals surface area (Å²) in [5, 5.41) is 0. The largest absolute Gasteiger partial charge is 0.493 e. The van der Waals surface area contributed by atoms with E-state index in [9.17, 15) is 9.18 Å². The average Bonchev–Trinajstić information content (AvgIpc) is 2.20. The Kier molecular flexibility index (Phi) is 3.46. The predicted octanol–water partition coefficient (Wildman–Crippen LogP) is 2.42. The van der Waals surface area contributed by atoms with Gasteiger partial charge in [0.1, 0.15) is 0 Å². The smallest absolute Gasteiger partial charge is 0.174 e. The van der Waals surface area contributed by atoms with Crippen molar-refractivity contribution in [3.05, 3.63) is 21.9 Å². The van der Waals surface area contributed by atoms with Crippen LogP contribution in [0.15, 0.2) is 10.5 Å². The molecule has 0 heterocycles. The molecular weight excluding hydrogens is 255 g/mol. The predicted molar refractivity (Wildman–Crippen MR) is 52.6 cm³/mol. The molecule has 0 aliphatic carbocycles. The zero-order chi connectivity index (χ0) is 10.7. The van der Waals surface area contributed by atoms with Crippen LogP contribution in [0.3, 0.4) is 0 Å². The molecule has 0 radical (unpaired) electrons. The first kappa shape index (κ1) is 11.0. The first-order valence-corrected chi connectivity index (χ1v) is 4.50. The number of carbonyl (C=O) groups is 1. The Balaban J connectivity index is 3.49. The van der Waals surface area contributed by atoms with E-state index in [4.69, 9.17) is 9.47 Å². The topological polar surface area (TPSA) is 35.5 Å². The number of ether oxygens (including phenoxy) is 2. The van der Waals surface area contributed by atoms with Crippen molar-refractivity contribution in [1.29, 1.82) is 0 Å². The average molecular weight is 263 g/mol. The molecule has 0 spiro atoms. The van der Waals surface area contributed by atoms with Gasteiger partial charge >= 0.3 is 0 Å². The highest BCUT2D eigenvalue weighted by molar-refractivity contribution is 9.10. The zero-order valence-electron chi connectivity index (χ0n) is 7.64. The van der Waals surface area contributed by atoms with Gasteiger partial charge in [0.05, 0.1) is 24.3 Å². The highest BCUT2D eigenvalue weighted by Gasteiger charge is 2.17. The van der Waals surface area contributed by atoms with E-state index >= 15 is 0 Å². The Morgan fingerprint density at radius 3 is 2.50 bits per heavy atom. The molecule has 14 heavy (non-hydrogen) atoms. The highest BCUT2D eigenvalue weighted by Crippen LogP contribution is 2.36. The fourth-order valence-corrected chi connectivity index (χ4v) is 1.49. The molecule has 0 aliphatic heterocycles. The normalized spacial score (nSPS) is 9.71. The van der Waals surface area contributed by atoms with Crippen molar-refractivity contribution in [3.63, 3.8) is 0 Å². The third kappa shape index (κ3) is 1.72. The number of rotatable bonds is 3. The molecular formula is C9H8BrFO3. The summed E-state index contributed by atoms with van der Waals surface area (Å²) in [6, 6.07) is 1.40. The lowest BCUT2D eigenvalue weighted by molar-refractivity contribution is 0.111. The summed E-state index contributed by atoms with van der Waals surface area (Å²) in [6.45, 7) is 0. The summed E-state index contributed by atoms with van der Waals surface area (Å²) >= 11 is 2.97. The third-order valence-corrected chi connectivity index (χ3v) is 2.29. The molecule has 1 aromatic carbocycles. The number of halogens is 2. The number of methoxy groups -OCH3 is 2. The van der Waals surface area contributed by atoms with Crippen LogP contribution in [0.1, 0.15) is 10.4 Å². The van der Waals surface area contributed by atoms with Crippen LogP contribution in [0.2, 0.25) is 0 Å². The number of benzene rings is 1. The van der Waals surface area contributed by atoms with Crippen molar-refractivity contribution in [3.8, 4) is 11.5 Å². The van der Waals surface area contributed by atoms with Gasteiger partial charge in [-0.1, -0.05) is 0 Å². The van der Waals surface area contributed by atoms with E-state index in [1.54, 1.807) is 0 Å². The first-order valence-electron chi connectivity index (χ1n) is 3.70. The van der Waals surface area contributed by atoms with Gasteiger partial charge in [0.2, 0.25) is 0 Å². The maximum atomic E-state index is 13.4. The van der Waals surface area contributed by atoms with Crippen molar-refractivity contribution in [2.75, 3.05) is 14.2 Å². The SMILES string of the molecule is COc1cc(Br)c(F)c(C=O)c1OC. The highest BCUT2D eigenvalue weighted by atomic mass is 79.9. The minimum Gasteiger partial charge on any atom is -0.493 e. The summed E-state index contributed by atoms with van der Waals surface area (Å²) in [4.78, 5) is 10.6. The Morgan fingerprint density at radius 1 is 1.43 bits per heavy atom. The Labute approximate surface area is 88.9 Å².